The number of benzene rings is 3. The summed E-state index contributed by atoms with van der Waals surface area (Å²) in [5, 5.41) is 0. The summed E-state index contributed by atoms with van der Waals surface area (Å²) in [6.07, 6.45) is -7.16. The van der Waals surface area contributed by atoms with E-state index in [0.717, 1.165) is 37.3 Å². The highest BCUT2D eigenvalue weighted by Crippen LogP contribution is 2.48. The molecule has 2 fully saturated rings. The molecule has 1 spiro atoms. The number of fused-ring (bicyclic) bond motifs is 2. The maximum atomic E-state index is 13.9. The molecule has 12 heteroatoms. The molecular formula is C34H33F7N2O3. The minimum atomic E-state index is -5.09. The van der Waals surface area contributed by atoms with Crippen molar-refractivity contribution in [2.24, 2.45) is 0 Å². The van der Waals surface area contributed by atoms with Crippen LogP contribution in [0.15, 0.2) is 66.7 Å². The molecule has 3 aliphatic rings. The van der Waals surface area contributed by atoms with Crippen LogP contribution in [0, 0.1) is 5.82 Å². The molecule has 1 aliphatic carbocycles. The number of amides is 1. The number of carbonyl (C=O) groups excluding carboxylic acids is 1. The van der Waals surface area contributed by atoms with Gasteiger partial charge in [-0.1, -0.05) is 36.4 Å². The van der Waals surface area contributed by atoms with Gasteiger partial charge in [0.2, 0.25) is 0 Å². The van der Waals surface area contributed by atoms with Crippen LogP contribution in [0.25, 0.3) is 0 Å². The minimum absolute atomic E-state index is 0.0121. The highest BCUT2D eigenvalue weighted by atomic mass is 19.4. The Labute approximate surface area is 261 Å². The number of likely N-dealkylation sites (tertiary alicyclic amines) is 1. The quantitative estimate of drug-likeness (QED) is 0.265. The third-order valence-electron chi connectivity index (χ3n) is 9.88. The van der Waals surface area contributed by atoms with E-state index in [1.54, 1.807) is 7.11 Å². The fourth-order valence-corrected chi connectivity index (χ4v) is 7.38. The molecule has 3 aromatic carbocycles. The van der Waals surface area contributed by atoms with Crippen LogP contribution in [0.4, 0.5) is 30.7 Å². The molecule has 0 bridgehead atoms. The molecule has 3 aromatic rings. The second kappa shape index (κ2) is 12.0. The number of alkyl halides is 6. The fraction of sp³-hybridized carbons (Fsp3) is 0.441. The van der Waals surface area contributed by atoms with Gasteiger partial charge in [-0.15, -0.1) is 0 Å². The highest BCUT2D eigenvalue weighted by molar-refractivity contribution is 5.95. The van der Waals surface area contributed by atoms with Gasteiger partial charge in [0.05, 0.1) is 23.8 Å². The Bertz CT molecular complexity index is 1550. The molecular weight excluding hydrogens is 617 g/mol. The van der Waals surface area contributed by atoms with Crippen molar-refractivity contribution in [3.63, 3.8) is 0 Å². The first-order valence-corrected chi connectivity index (χ1v) is 15.1. The average molecular weight is 651 g/mol. The second-order valence-corrected chi connectivity index (χ2v) is 12.4. The van der Waals surface area contributed by atoms with Gasteiger partial charge in [-0.2, -0.15) is 26.3 Å². The number of hydrogen-bond acceptors (Lipinski definition) is 4. The van der Waals surface area contributed by atoms with Crippen molar-refractivity contribution in [3.05, 3.63) is 106 Å². The van der Waals surface area contributed by atoms with Gasteiger partial charge < -0.3 is 19.3 Å². The van der Waals surface area contributed by atoms with E-state index in [-0.39, 0.29) is 30.9 Å². The Hall–Kier alpha value is -3.48. The Morgan fingerprint density at radius 1 is 0.935 bits per heavy atom. The van der Waals surface area contributed by atoms with E-state index in [1.807, 2.05) is 12.1 Å². The third kappa shape index (κ3) is 6.02. The number of piperidine rings is 1. The summed E-state index contributed by atoms with van der Waals surface area (Å²) in [4.78, 5) is 16.8. The Morgan fingerprint density at radius 3 is 2.17 bits per heavy atom. The van der Waals surface area contributed by atoms with Gasteiger partial charge in [0.1, 0.15) is 18.1 Å². The molecule has 0 aromatic heterocycles. The molecule has 0 radical (unpaired) electrons. The lowest BCUT2D eigenvalue weighted by atomic mass is 9.72. The molecule has 0 unspecified atom stereocenters. The van der Waals surface area contributed by atoms with Crippen LogP contribution in [0.5, 0.6) is 0 Å². The zero-order valence-corrected chi connectivity index (χ0v) is 25.1. The van der Waals surface area contributed by atoms with E-state index in [9.17, 15) is 35.5 Å². The molecule has 1 amide bonds. The number of hydrogen-bond donors (Lipinski definition) is 0. The summed E-state index contributed by atoms with van der Waals surface area (Å²) < 4.78 is 107. The number of carbonyl (C=O) groups is 1. The summed E-state index contributed by atoms with van der Waals surface area (Å²) in [6, 6.07) is 14.8. The lowest BCUT2D eigenvalue weighted by Gasteiger charge is -2.44. The zero-order chi connectivity index (χ0) is 32.9. The van der Waals surface area contributed by atoms with Crippen molar-refractivity contribution in [3.8, 4) is 0 Å². The topological polar surface area (TPSA) is 42.0 Å². The van der Waals surface area contributed by atoms with Crippen molar-refractivity contribution >= 4 is 5.91 Å². The first-order chi connectivity index (χ1) is 21.7. The number of rotatable bonds is 6. The number of nitrogens with zero attached hydrogens (tertiary/aromatic N) is 2. The largest absolute Gasteiger partial charge is 0.416 e. The van der Waals surface area contributed by atoms with Crippen LogP contribution in [0.2, 0.25) is 0 Å². The lowest BCUT2D eigenvalue weighted by Crippen LogP contribution is -2.49. The third-order valence-corrected chi connectivity index (χ3v) is 9.88. The van der Waals surface area contributed by atoms with Crippen LogP contribution in [0.1, 0.15) is 57.4 Å². The predicted molar refractivity (Wildman–Crippen MR) is 154 cm³/mol. The Morgan fingerprint density at radius 2 is 1.57 bits per heavy atom. The van der Waals surface area contributed by atoms with Gasteiger partial charge in [-0.05, 0) is 85.8 Å². The van der Waals surface area contributed by atoms with E-state index in [1.165, 1.54) is 35.4 Å². The molecule has 2 aliphatic heterocycles. The average Bonchev–Trinajstić information content (AvgIpc) is 3.60. The predicted octanol–water partition coefficient (Wildman–Crippen LogP) is 7.18. The van der Waals surface area contributed by atoms with Crippen molar-refractivity contribution < 1.29 is 45.0 Å². The Balaban J connectivity index is 1.21. The van der Waals surface area contributed by atoms with Crippen LogP contribution in [0.3, 0.4) is 0 Å². The van der Waals surface area contributed by atoms with E-state index in [2.05, 4.69) is 17.0 Å². The highest BCUT2D eigenvalue weighted by Gasteiger charge is 2.49. The van der Waals surface area contributed by atoms with E-state index in [0.29, 0.717) is 30.7 Å². The first kappa shape index (κ1) is 32.5. The number of halogens is 7. The maximum absolute atomic E-state index is 13.9. The summed E-state index contributed by atoms with van der Waals surface area (Å²) >= 11 is 0. The smallest absolute Gasteiger partial charge is 0.380 e. The van der Waals surface area contributed by atoms with E-state index < -0.39 is 46.4 Å². The Kier molecular flexibility index (Phi) is 8.43. The minimum Gasteiger partial charge on any atom is -0.380 e. The first-order valence-electron chi connectivity index (χ1n) is 15.1. The van der Waals surface area contributed by atoms with Crippen molar-refractivity contribution in [1.82, 2.24) is 9.80 Å². The van der Waals surface area contributed by atoms with Crippen molar-refractivity contribution in [1.29, 1.82) is 0 Å². The molecule has 0 saturated carbocycles. The van der Waals surface area contributed by atoms with Crippen LogP contribution in [-0.2, 0) is 39.3 Å². The summed E-state index contributed by atoms with van der Waals surface area (Å²) in [7, 11) is 1.74. The van der Waals surface area contributed by atoms with E-state index in [4.69, 9.17) is 9.47 Å². The maximum Gasteiger partial charge on any atom is 0.416 e. The van der Waals surface area contributed by atoms with Gasteiger partial charge in [0, 0.05) is 24.6 Å². The molecule has 46 heavy (non-hydrogen) atoms. The standard InChI is InChI=1S/C34H33F7N2O3/c1-45-29-18-22-4-2-3-5-28(22)31(29)10-13-42(14-11-31)15-12-32(24-6-8-27(35)9-7-24)20-43(21-46-32)30(44)23-16-25(33(36,37)38)19-26(17-23)34(39,40)41/h2-9,16-17,19,29H,10-15,18,20-21H2,1H3/t29-,32-/m0/s1. The normalized spacial score (nSPS) is 23.2. The number of ether oxygens (including phenoxy) is 2. The van der Waals surface area contributed by atoms with Crippen molar-refractivity contribution in [2.75, 3.05) is 40.0 Å². The van der Waals surface area contributed by atoms with Gasteiger partial charge in [0.15, 0.2) is 0 Å². The van der Waals surface area contributed by atoms with Gasteiger partial charge in [-0.3, -0.25) is 4.79 Å². The van der Waals surface area contributed by atoms with Crippen LogP contribution < -0.4 is 0 Å². The second-order valence-electron chi connectivity index (χ2n) is 12.4. The zero-order valence-electron chi connectivity index (χ0n) is 25.1. The van der Waals surface area contributed by atoms with Crippen LogP contribution >= 0.6 is 0 Å². The van der Waals surface area contributed by atoms with Gasteiger partial charge >= 0.3 is 12.4 Å². The van der Waals surface area contributed by atoms with Gasteiger partial charge in [-0.25, -0.2) is 4.39 Å². The summed E-state index contributed by atoms with van der Waals surface area (Å²) in [6.45, 7) is 1.58. The summed E-state index contributed by atoms with van der Waals surface area (Å²) in [5.41, 5.74) is -1.95. The SMILES string of the molecule is CO[C@H]1Cc2ccccc2C12CCN(CC[C@@]1(c3ccc(F)cc3)CN(C(=O)c3cc(C(F)(F)F)cc(C(F)(F)F)c3)CO1)CC2. The molecule has 0 N–H and O–H groups in total. The van der Waals surface area contributed by atoms with Gasteiger partial charge in [0.25, 0.3) is 5.91 Å². The van der Waals surface area contributed by atoms with Crippen LogP contribution in [-0.4, -0.2) is 61.8 Å². The lowest BCUT2D eigenvalue weighted by molar-refractivity contribution is -0.143. The molecule has 2 heterocycles. The number of methoxy groups -OCH3 is 1. The molecule has 6 rings (SSSR count). The summed E-state index contributed by atoms with van der Waals surface area (Å²) in [5.74, 6) is -1.51. The molecule has 2 saturated heterocycles. The fourth-order valence-electron chi connectivity index (χ4n) is 7.38. The van der Waals surface area contributed by atoms with E-state index >= 15 is 0 Å². The molecule has 2 atom stereocenters. The molecule has 246 valence electrons. The van der Waals surface area contributed by atoms with Crippen molar-refractivity contribution in [2.45, 2.75) is 55.2 Å². The monoisotopic (exact) mass is 650 g/mol. The molecule has 5 nitrogen and oxygen atoms in total.